The molecule has 0 spiro atoms. The van der Waals surface area contributed by atoms with Crippen LogP contribution in [0.4, 0.5) is 0 Å². The summed E-state index contributed by atoms with van der Waals surface area (Å²) >= 11 is 0. The van der Waals surface area contributed by atoms with Crippen LogP contribution < -0.4 is 0 Å². The van der Waals surface area contributed by atoms with E-state index in [-0.39, 0.29) is 25.7 Å². The summed E-state index contributed by atoms with van der Waals surface area (Å²) in [5, 5.41) is 10.5. The largest absolute Gasteiger partial charge is 0.472 e. The molecule has 3 N–H and O–H groups in total. The molecule has 0 fully saturated rings. The molecule has 2 unspecified atom stereocenters. The van der Waals surface area contributed by atoms with Gasteiger partial charge < -0.3 is 33.8 Å². The van der Waals surface area contributed by atoms with Crippen molar-refractivity contribution in [3.05, 3.63) is 0 Å². The van der Waals surface area contributed by atoms with E-state index in [1.807, 2.05) is 0 Å². The second-order valence-corrected chi connectivity index (χ2v) is 27.0. The summed E-state index contributed by atoms with van der Waals surface area (Å²) in [7, 11) is -9.88. The number of aliphatic hydroxyl groups excluding tert-OH is 1. The van der Waals surface area contributed by atoms with Crippen LogP contribution in [0.1, 0.15) is 318 Å². The molecule has 0 aliphatic rings. The quantitative estimate of drug-likeness (QED) is 0.0222. The molecule has 0 heterocycles. The number of phosphoric acid groups is 2. The molecule has 0 aromatic heterocycles. The zero-order valence-electron chi connectivity index (χ0n) is 53.5. The third-order valence-electron chi connectivity index (χ3n) is 14.7. The summed E-state index contributed by atoms with van der Waals surface area (Å²) in [5.74, 6) is -0.768. The molecule has 0 aromatic rings. The normalized spacial score (nSPS) is 14.3. The molecule has 5 atom stereocenters. The Morgan fingerprint density at radius 2 is 0.554 bits per heavy atom. The number of aliphatic hydroxyl groups is 1. The number of unbranched alkanes of at least 4 members (excludes halogenated alkanes) is 33. The van der Waals surface area contributed by atoms with E-state index in [2.05, 4.69) is 41.5 Å². The third-order valence-corrected chi connectivity index (χ3v) is 16.6. The summed E-state index contributed by atoms with van der Waals surface area (Å²) in [5.41, 5.74) is 0. The van der Waals surface area contributed by atoms with Crippen LogP contribution in [0.5, 0.6) is 0 Å². The van der Waals surface area contributed by atoms with Crippen LogP contribution in [0.3, 0.4) is 0 Å². The SMILES string of the molecule is CCCCCCCCCCCCCCCCCCCC(=O)O[C@H](COC(=O)CCCCCCCCCC(C)C)COP(=O)(O)OC[C@@H](O)COP(=O)(O)OC[C@@H](COC(=O)CCCCCCCCC)OC(=O)CCCCCCCCC(C)C. The lowest BCUT2D eigenvalue weighted by atomic mass is 10.0. The summed E-state index contributed by atoms with van der Waals surface area (Å²) in [6.45, 7) is 9.31. The summed E-state index contributed by atoms with van der Waals surface area (Å²) in [6, 6.07) is 0. The lowest BCUT2D eigenvalue weighted by molar-refractivity contribution is -0.161. The summed E-state index contributed by atoms with van der Waals surface area (Å²) in [6.07, 6.45) is 39.4. The fraction of sp³-hybridized carbons (Fsp3) is 0.938. The molecule has 0 aromatic carbocycles. The standard InChI is InChI=1S/C64H124O17P2/c1-7-9-11-13-15-16-17-18-19-20-21-22-23-24-28-36-42-48-63(68)80-59(53-75-62(67)47-41-35-29-25-27-32-38-44-56(3)4)54-78-82(70,71)76-50-58(65)51-77-83(72,73)79-55-60(52-74-61(66)46-40-34-26-14-12-10-8-2)81-64(69)49-43-37-31-30-33-39-45-57(5)6/h56-60,65H,7-55H2,1-6H3,(H,70,71)(H,72,73)/t58-,59-,60-/m1/s1. The van der Waals surface area contributed by atoms with Crippen LogP contribution in [0, 0.1) is 11.8 Å². The zero-order valence-corrected chi connectivity index (χ0v) is 55.3. The second kappa shape index (κ2) is 56.6. The Kier molecular flexibility index (Phi) is 55.2. The molecular formula is C64H124O17P2. The van der Waals surface area contributed by atoms with Crippen LogP contribution in [0.2, 0.25) is 0 Å². The summed E-state index contributed by atoms with van der Waals surface area (Å²) in [4.78, 5) is 72.0. The van der Waals surface area contributed by atoms with Gasteiger partial charge in [0.25, 0.3) is 0 Å². The lowest BCUT2D eigenvalue weighted by Crippen LogP contribution is -2.30. The Balaban J connectivity index is 5.17. The number of rotatable bonds is 63. The number of carbonyl (C=O) groups is 4. The number of ether oxygens (including phenoxy) is 4. The van der Waals surface area contributed by atoms with E-state index in [1.54, 1.807) is 0 Å². The van der Waals surface area contributed by atoms with Gasteiger partial charge in [-0.1, -0.05) is 266 Å². The van der Waals surface area contributed by atoms with Crippen molar-refractivity contribution in [3.8, 4) is 0 Å². The van der Waals surface area contributed by atoms with Gasteiger partial charge in [0.15, 0.2) is 12.2 Å². The van der Waals surface area contributed by atoms with Crippen molar-refractivity contribution in [1.82, 2.24) is 0 Å². The highest BCUT2D eigenvalue weighted by Gasteiger charge is 2.30. The smallest absolute Gasteiger partial charge is 0.462 e. The van der Waals surface area contributed by atoms with Gasteiger partial charge in [-0.2, -0.15) is 0 Å². The van der Waals surface area contributed by atoms with Gasteiger partial charge in [0.2, 0.25) is 0 Å². The van der Waals surface area contributed by atoms with Crippen LogP contribution in [0.15, 0.2) is 0 Å². The van der Waals surface area contributed by atoms with Crippen LogP contribution in [-0.2, 0) is 65.4 Å². The highest BCUT2D eigenvalue weighted by molar-refractivity contribution is 7.47. The van der Waals surface area contributed by atoms with Crippen molar-refractivity contribution in [3.63, 3.8) is 0 Å². The van der Waals surface area contributed by atoms with Crippen LogP contribution >= 0.6 is 15.6 Å². The monoisotopic (exact) mass is 1230 g/mol. The number of phosphoric ester groups is 2. The van der Waals surface area contributed by atoms with Crippen molar-refractivity contribution in [2.24, 2.45) is 11.8 Å². The maximum absolute atomic E-state index is 13.0. The topological polar surface area (TPSA) is 237 Å². The zero-order chi connectivity index (χ0) is 61.5. The number of carbonyl (C=O) groups excluding carboxylic acids is 4. The molecule has 19 heteroatoms. The molecule has 492 valence electrons. The summed E-state index contributed by atoms with van der Waals surface area (Å²) < 4.78 is 67.9. The molecule has 0 saturated heterocycles. The molecule has 0 bridgehead atoms. The van der Waals surface area contributed by atoms with Crippen molar-refractivity contribution in [1.29, 1.82) is 0 Å². The molecule has 83 heavy (non-hydrogen) atoms. The number of hydrogen-bond donors (Lipinski definition) is 3. The van der Waals surface area contributed by atoms with Crippen molar-refractivity contribution < 1.29 is 80.2 Å². The first-order valence-corrected chi connectivity index (χ1v) is 36.5. The van der Waals surface area contributed by atoms with Gasteiger partial charge >= 0.3 is 39.5 Å². The average molecular weight is 1230 g/mol. The minimum Gasteiger partial charge on any atom is -0.462 e. The van der Waals surface area contributed by atoms with Crippen molar-refractivity contribution in [2.75, 3.05) is 39.6 Å². The molecule has 0 saturated carbocycles. The third kappa shape index (κ3) is 58.8. The van der Waals surface area contributed by atoms with Crippen molar-refractivity contribution >= 4 is 39.5 Å². The fourth-order valence-electron chi connectivity index (χ4n) is 9.53. The maximum Gasteiger partial charge on any atom is 0.472 e. The van der Waals surface area contributed by atoms with Gasteiger partial charge in [-0.25, -0.2) is 9.13 Å². The predicted molar refractivity (Wildman–Crippen MR) is 331 cm³/mol. The van der Waals surface area contributed by atoms with E-state index in [0.29, 0.717) is 37.5 Å². The first-order valence-electron chi connectivity index (χ1n) is 33.5. The van der Waals surface area contributed by atoms with Gasteiger partial charge in [-0.3, -0.25) is 37.3 Å². The Morgan fingerprint density at radius 1 is 0.325 bits per heavy atom. The van der Waals surface area contributed by atoms with Gasteiger partial charge in [-0.15, -0.1) is 0 Å². The minimum absolute atomic E-state index is 0.102. The van der Waals surface area contributed by atoms with E-state index in [0.717, 1.165) is 109 Å². The Bertz CT molecular complexity index is 1630. The number of hydrogen-bond acceptors (Lipinski definition) is 15. The van der Waals surface area contributed by atoms with E-state index >= 15 is 0 Å². The van der Waals surface area contributed by atoms with Crippen LogP contribution in [0.25, 0.3) is 0 Å². The van der Waals surface area contributed by atoms with Crippen LogP contribution in [-0.4, -0.2) is 96.7 Å². The highest BCUT2D eigenvalue weighted by Crippen LogP contribution is 2.45. The average Bonchev–Trinajstić information content (AvgIpc) is 3.44. The lowest BCUT2D eigenvalue weighted by Gasteiger charge is -2.21. The fourth-order valence-corrected chi connectivity index (χ4v) is 11.1. The minimum atomic E-state index is -4.94. The molecule has 0 aliphatic heterocycles. The highest BCUT2D eigenvalue weighted by atomic mass is 31.2. The van der Waals surface area contributed by atoms with E-state index in [4.69, 9.17) is 37.0 Å². The van der Waals surface area contributed by atoms with E-state index < -0.39 is 97.5 Å². The predicted octanol–water partition coefficient (Wildman–Crippen LogP) is 17.7. The first kappa shape index (κ1) is 81.1. The van der Waals surface area contributed by atoms with Gasteiger partial charge in [0.05, 0.1) is 26.4 Å². The first-order chi connectivity index (χ1) is 39.9. The Labute approximate surface area is 505 Å². The van der Waals surface area contributed by atoms with Crippen molar-refractivity contribution in [2.45, 2.75) is 336 Å². The van der Waals surface area contributed by atoms with Gasteiger partial charge in [0.1, 0.15) is 19.3 Å². The second-order valence-electron chi connectivity index (χ2n) is 24.1. The number of esters is 4. The molecule has 0 rings (SSSR count). The molecular weight excluding hydrogens is 1100 g/mol. The Morgan fingerprint density at radius 3 is 0.819 bits per heavy atom. The van der Waals surface area contributed by atoms with E-state index in [1.165, 1.54) is 116 Å². The maximum atomic E-state index is 13.0. The molecule has 17 nitrogen and oxygen atoms in total. The molecule has 0 amide bonds. The van der Waals surface area contributed by atoms with Gasteiger partial charge in [0, 0.05) is 25.7 Å². The molecule has 0 radical (unpaired) electrons. The van der Waals surface area contributed by atoms with E-state index in [9.17, 15) is 43.2 Å². The van der Waals surface area contributed by atoms with Gasteiger partial charge in [-0.05, 0) is 37.5 Å². The Hall–Kier alpha value is -1.94. The molecule has 0 aliphatic carbocycles.